The largest absolute Gasteiger partial charge is 0.501 e. The lowest BCUT2D eigenvalue weighted by Gasteiger charge is -2.36. The molecule has 1 N–H and O–H groups in total. The predicted molar refractivity (Wildman–Crippen MR) is 148 cm³/mol. The number of carbonyl (C=O) groups is 1. The highest BCUT2D eigenvalue weighted by atomic mass is 32.2. The minimum absolute atomic E-state index is 0.151. The van der Waals surface area contributed by atoms with Crippen LogP contribution in [0.25, 0.3) is 0 Å². The van der Waals surface area contributed by atoms with Gasteiger partial charge in [0, 0.05) is 37.7 Å². The molecule has 35 heavy (non-hydrogen) atoms. The Bertz CT molecular complexity index is 604. The maximum Gasteiger partial charge on any atom is 0.501 e. The van der Waals surface area contributed by atoms with Gasteiger partial charge in [0.15, 0.2) is 0 Å². The Kier molecular flexibility index (Phi) is 12.9. The Balaban J connectivity index is 1.06. The van der Waals surface area contributed by atoms with Crippen LogP contribution in [-0.2, 0) is 18.1 Å². The maximum atomic E-state index is 12.3. The van der Waals surface area contributed by atoms with E-state index in [0.29, 0.717) is 24.5 Å². The Morgan fingerprint density at radius 1 is 0.914 bits per heavy atom. The van der Waals surface area contributed by atoms with Crippen molar-refractivity contribution in [1.82, 2.24) is 10.2 Å². The number of nitrogens with zero attached hydrogens (tertiary/aromatic N) is 1. The van der Waals surface area contributed by atoms with Crippen LogP contribution in [0.5, 0.6) is 0 Å². The van der Waals surface area contributed by atoms with Gasteiger partial charge in [-0.05, 0) is 77.3 Å². The third kappa shape index (κ3) is 9.60. The molecule has 0 spiro atoms. The lowest BCUT2D eigenvalue weighted by atomic mass is 9.97. The number of unbranched alkanes of at least 4 members (excludes halogenated alkanes) is 7. The second kappa shape index (κ2) is 15.3. The summed E-state index contributed by atoms with van der Waals surface area (Å²) in [4.78, 5) is 14.8. The van der Waals surface area contributed by atoms with Crippen LogP contribution in [0.15, 0.2) is 0 Å². The second-order valence-corrected chi connectivity index (χ2v) is 15.1. The summed E-state index contributed by atoms with van der Waals surface area (Å²) in [5, 5.41) is 3.32. The summed E-state index contributed by atoms with van der Waals surface area (Å²) in [6.45, 7) is 4.15. The average molecular weight is 529 g/mol. The van der Waals surface area contributed by atoms with E-state index < -0.39 is 8.80 Å². The molecule has 3 aliphatic heterocycles. The highest BCUT2D eigenvalue weighted by Gasteiger charge is 2.49. The van der Waals surface area contributed by atoms with Crippen LogP contribution < -0.4 is 5.32 Å². The molecule has 4 unspecified atom stereocenters. The van der Waals surface area contributed by atoms with E-state index in [9.17, 15) is 4.79 Å². The fraction of sp³-hybridized carbons (Fsp3) is 0.963. The van der Waals surface area contributed by atoms with Crippen LogP contribution in [0.4, 0.5) is 0 Å². The molecule has 0 saturated carbocycles. The first-order valence-electron chi connectivity index (χ1n) is 14.4. The normalized spacial score (nSPS) is 32.9. The summed E-state index contributed by atoms with van der Waals surface area (Å²) in [7, 11) is 1.60. The summed E-state index contributed by atoms with van der Waals surface area (Å²) < 4.78 is 17.7. The van der Waals surface area contributed by atoms with Crippen molar-refractivity contribution in [1.29, 1.82) is 0 Å². The second-order valence-electron chi connectivity index (χ2n) is 11.1. The van der Waals surface area contributed by atoms with Crippen molar-refractivity contribution >= 4 is 26.5 Å². The molecule has 0 aromatic carbocycles. The molecule has 0 aromatic rings. The zero-order chi connectivity index (χ0) is 25.1. The van der Waals surface area contributed by atoms with E-state index >= 15 is 0 Å². The Hall–Kier alpha value is -0.123. The molecule has 6 nitrogen and oxygen atoms in total. The number of rotatable bonds is 17. The van der Waals surface area contributed by atoms with Gasteiger partial charge in [-0.25, -0.2) is 0 Å². The number of nitrogens with one attached hydrogen (secondary N) is 1. The van der Waals surface area contributed by atoms with Crippen molar-refractivity contribution in [2.24, 2.45) is 0 Å². The van der Waals surface area contributed by atoms with Crippen molar-refractivity contribution in [2.75, 3.05) is 25.7 Å². The van der Waals surface area contributed by atoms with Crippen LogP contribution in [0, 0.1) is 0 Å². The third-order valence-electron chi connectivity index (χ3n) is 8.38. The fourth-order valence-electron chi connectivity index (χ4n) is 5.97. The molecule has 3 fully saturated rings. The zero-order valence-electron chi connectivity index (χ0n) is 22.9. The van der Waals surface area contributed by atoms with E-state index in [1.54, 1.807) is 7.11 Å². The van der Waals surface area contributed by atoms with Gasteiger partial charge in [-0.15, -0.1) is 0 Å². The van der Waals surface area contributed by atoms with Gasteiger partial charge < -0.3 is 23.5 Å². The molecule has 8 heteroatoms. The van der Waals surface area contributed by atoms with Crippen LogP contribution in [0.1, 0.15) is 104 Å². The molecule has 3 heterocycles. The standard InChI is InChI=1S/C27H52N2O4SSi/c1-22-23(2)33-35(31-4,32-22)19-13-18-34-17-12-10-8-6-5-7-9-11-14-27(30)28-24-20-25-15-16-26(21-24)29(25)3/h22-26H,5-21H2,1-4H3,(H,28,30). The maximum absolute atomic E-state index is 12.3. The minimum atomic E-state index is -2.39. The Labute approximate surface area is 220 Å². The summed E-state index contributed by atoms with van der Waals surface area (Å²) in [5.74, 6) is 2.70. The number of hydrogen-bond acceptors (Lipinski definition) is 6. The highest BCUT2D eigenvalue weighted by molar-refractivity contribution is 7.99. The van der Waals surface area contributed by atoms with E-state index in [4.69, 9.17) is 13.3 Å². The minimum Gasteiger partial charge on any atom is -0.377 e. The first-order valence-corrected chi connectivity index (χ1v) is 17.5. The Morgan fingerprint density at radius 3 is 2.06 bits per heavy atom. The number of thioether (sulfide) groups is 1. The van der Waals surface area contributed by atoms with Gasteiger partial charge >= 0.3 is 8.80 Å². The molecule has 4 atom stereocenters. The number of piperidine rings is 1. The molecule has 204 valence electrons. The van der Waals surface area contributed by atoms with Gasteiger partial charge in [0.05, 0.1) is 12.2 Å². The molecule has 3 aliphatic rings. The molecule has 3 saturated heterocycles. The van der Waals surface area contributed by atoms with Gasteiger partial charge in [0.1, 0.15) is 0 Å². The molecule has 2 bridgehead atoms. The van der Waals surface area contributed by atoms with Gasteiger partial charge in [-0.2, -0.15) is 11.8 Å². The smallest absolute Gasteiger partial charge is 0.377 e. The molecular weight excluding hydrogens is 476 g/mol. The van der Waals surface area contributed by atoms with Gasteiger partial charge in [0.2, 0.25) is 5.91 Å². The van der Waals surface area contributed by atoms with E-state index in [1.807, 2.05) is 0 Å². The third-order valence-corrected chi connectivity index (χ3v) is 12.6. The van der Waals surface area contributed by atoms with Crippen molar-refractivity contribution < 1.29 is 18.1 Å². The predicted octanol–water partition coefficient (Wildman–Crippen LogP) is 5.77. The summed E-state index contributed by atoms with van der Waals surface area (Å²) >= 11 is 2.06. The molecule has 0 aromatic heterocycles. The van der Waals surface area contributed by atoms with Crippen molar-refractivity contribution in [3.8, 4) is 0 Å². The number of amides is 1. The van der Waals surface area contributed by atoms with Crippen molar-refractivity contribution in [3.05, 3.63) is 0 Å². The monoisotopic (exact) mass is 528 g/mol. The van der Waals surface area contributed by atoms with Gasteiger partial charge in [-0.3, -0.25) is 4.79 Å². The summed E-state index contributed by atoms with van der Waals surface area (Å²) in [6.07, 6.45) is 17.2. The first kappa shape index (κ1) is 29.4. The lowest BCUT2D eigenvalue weighted by molar-refractivity contribution is -0.122. The van der Waals surface area contributed by atoms with Gasteiger partial charge in [-0.1, -0.05) is 38.5 Å². The molecule has 0 aliphatic carbocycles. The number of fused-ring (bicyclic) bond motifs is 2. The quantitative estimate of drug-likeness (QED) is 0.191. The highest BCUT2D eigenvalue weighted by Crippen LogP contribution is 2.34. The van der Waals surface area contributed by atoms with Crippen molar-refractivity contribution in [3.63, 3.8) is 0 Å². The number of carbonyl (C=O) groups excluding carboxylic acids is 1. The molecular formula is C27H52N2O4SSi. The lowest BCUT2D eigenvalue weighted by Crippen LogP contribution is -2.48. The van der Waals surface area contributed by atoms with Crippen LogP contribution in [0.3, 0.4) is 0 Å². The topological polar surface area (TPSA) is 60.0 Å². The first-order chi connectivity index (χ1) is 16.9. The average Bonchev–Trinajstić information content (AvgIpc) is 3.22. The molecule has 3 rings (SSSR count). The van der Waals surface area contributed by atoms with Crippen molar-refractivity contribution in [2.45, 2.75) is 140 Å². The summed E-state index contributed by atoms with van der Waals surface area (Å²) in [6, 6.07) is 2.75. The van der Waals surface area contributed by atoms with E-state index in [0.717, 1.165) is 31.7 Å². The van der Waals surface area contributed by atoms with Crippen LogP contribution >= 0.6 is 11.8 Å². The molecule has 0 radical (unpaired) electrons. The SMILES string of the molecule is CO[Si]1(CCCSCCCCCCCCCCC(=O)NC2CC3CCC(C2)N3C)OC(C)C(C)O1. The van der Waals surface area contributed by atoms with E-state index in [1.165, 1.54) is 69.3 Å². The van der Waals surface area contributed by atoms with E-state index in [2.05, 4.69) is 42.9 Å². The fourth-order valence-corrected chi connectivity index (χ4v) is 10.0. The summed E-state index contributed by atoms with van der Waals surface area (Å²) in [5.41, 5.74) is 0. The zero-order valence-corrected chi connectivity index (χ0v) is 24.7. The van der Waals surface area contributed by atoms with E-state index in [-0.39, 0.29) is 18.1 Å². The van der Waals surface area contributed by atoms with Crippen LogP contribution in [0.2, 0.25) is 6.04 Å². The number of hydrogen-bond donors (Lipinski definition) is 1. The molecule has 1 amide bonds. The van der Waals surface area contributed by atoms with Gasteiger partial charge in [0.25, 0.3) is 0 Å². The Morgan fingerprint density at radius 2 is 1.46 bits per heavy atom. The van der Waals surface area contributed by atoms with Crippen LogP contribution in [-0.4, -0.2) is 75.6 Å².